The van der Waals surface area contributed by atoms with Crippen LogP contribution in [0.1, 0.15) is 11.4 Å². The van der Waals surface area contributed by atoms with Gasteiger partial charge in [0.2, 0.25) is 10.0 Å². The monoisotopic (exact) mass is 318 g/mol. The number of carbonyl (C=O) groups is 1. The van der Waals surface area contributed by atoms with Gasteiger partial charge in [-0.15, -0.1) is 0 Å². The number of fused-ring (bicyclic) bond motifs is 1. The summed E-state index contributed by atoms with van der Waals surface area (Å²) in [7, 11) is -1.55. The summed E-state index contributed by atoms with van der Waals surface area (Å²) >= 11 is 0. The van der Waals surface area contributed by atoms with Crippen molar-refractivity contribution in [2.75, 3.05) is 16.3 Å². The molecule has 0 saturated heterocycles. The number of nitrogens with zero attached hydrogens (tertiary/aromatic N) is 2. The molecule has 1 aliphatic heterocycles. The fraction of sp³-hybridized carbons (Fsp3) is 0.143. The van der Waals surface area contributed by atoms with Crippen molar-refractivity contribution in [2.45, 2.75) is 0 Å². The number of sulfonamides is 1. The number of hydrogen-bond donors (Lipinski definition) is 2. The predicted octanol–water partition coefficient (Wildman–Crippen LogP) is 1.28. The van der Waals surface area contributed by atoms with Gasteiger partial charge < -0.3 is 9.88 Å². The number of aryl methyl sites for hydroxylation is 1. The molecule has 0 saturated carbocycles. The number of carbonyl (C=O) groups excluding carboxylic acids is 1. The molecular formula is C14H14N4O3S. The average Bonchev–Trinajstić information content (AvgIpc) is 2.94. The van der Waals surface area contributed by atoms with Crippen molar-refractivity contribution in [1.82, 2.24) is 9.55 Å². The lowest BCUT2D eigenvalue weighted by Crippen LogP contribution is -2.09. The molecule has 2 aromatic rings. The summed E-state index contributed by atoms with van der Waals surface area (Å²) in [6, 6.07) is 4.90. The van der Waals surface area contributed by atoms with Crippen molar-refractivity contribution in [1.29, 1.82) is 0 Å². The van der Waals surface area contributed by atoms with Crippen LogP contribution in [-0.4, -0.2) is 30.1 Å². The van der Waals surface area contributed by atoms with Crippen LogP contribution in [0.5, 0.6) is 0 Å². The van der Waals surface area contributed by atoms with E-state index in [0.29, 0.717) is 28.3 Å². The molecule has 0 radical (unpaired) electrons. The predicted molar refractivity (Wildman–Crippen MR) is 84.6 cm³/mol. The van der Waals surface area contributed by atoms with E-state index in [9.17, 15) is 13.2 Å². The van der Waals surface area contributed by atoms with E-state index in [1.165, 1.54) is 0 Å². The molecule has 1 amide bonds. The summed E-state index contributed by atoms with van der Waals surface area (Å²) in [4.78, 5) is 16.3. The first-order valence-corrected chi connectivity index (χ1v) is 8.35. The number of rotatable bonds is 3. The zero-order valence-corrected chi connectivity index (χ0v) is 12.8. The van der Waals surface area contributed by atoms with E-state index >= 15 is 0 Å². The van der Waals surface area contributed by atoms with Crippen LogP contribution >= 0.6 is 0 Å². The van der Waals surface area contributed by atoms with E-state index in [1.807, 2.05) is 7.05 Å². The summed E-state index contributed by atoms with van der Waals surface area (Å²) in [5.41, 5.74) is 2.14. The highest BCUT2D eigenvalue weighted by Crippen LogP contribution is 2.35. The van der Waals surface area contributed by atoms with E-state index in [-0.39, 0.29) is 5.91 Å². The molecule has 0 unspecified atom stereocenters. The highest BCUT2D eigenvalue weighted by atomic mass is 32.2. The van der Waals surface area contributed by atoms with Gasteiger partial charge in [-0.3, -0.25) is 9.52 Å². The number of anilines is 2. The van der Waals surface area contributed by atoms with E-state index in [4.69, 9.17) is 0 Å². The molecule has 0 atom stereocenters. The number of nitrogens with one attached hydrogen (secondary N) is 2. The van der Waals surface area contributed by atoms with Gasteiger partial charge in [0.05, 0.1) is 11.8 Å². The molecule has 114 valence electrons. The van der Waals surface area contributed by atoms with Crippen molar-refractivity contribution < 1.29 is 13.2 Å². The van der Waals surface area contributed by atoms with Crippen molar-refractivity contribution >= 4 is 39.0 Å². The summed E-state index contributed by atoms with van der Waals surface area (Å²) < 4.78 is 26.8. The SMILES string of the molecule is Cn1ccnc1C=C1C(=O)Nc2ccc(NS(C)(=O)=O)cc21. The Labute approximate surface area is 127 Å². The molecule has 2 heterocycles. The lowest BCUT2D eigenvalue weighted by Gasteiger charge is -2.06. The summed E-state index contributed by atoms with van der Waals surface area (Å²) in [6.45, 7) is 0. The molecule has 1 aromatic carbocycles. The number of amides is 1. The second-order valence-corrected chi connectivity index (χ2v) is 6.79. The minimum Gasteiger partial charge on any atom is -0.335 e. The van der Waals surface area contributed by atoms with Crippen LogP contribution in [0.4, 0.5) is 11.4 Å². The first kappa shape index (κ1) is 14.3. The fourth-order valence-electron chi connectivity index (χ4n) is 2.25. The van der Waals surface area contributed by atoms with Crippen LogP contribution in [0.3, 0.4) is 0 Å². The van der Waals surface area contributed by atoms with Crippen LogP contribution < -0.4 is 10.0 Å². The summed E-state index contributed by atoms with van der Waals surface area (Å²) in [5.74, 6) is 0.397. The van der Waals surface area contributed by atoms with Gasteiger partial charge in [-0.05, 0) is 24.3 Å². The van der Waals surface area contributed by atoms with Gasteiger partial charge in [0.25, 0.3) is 5.91 Å². The molecule has 2 N–H and O–H groups in total. The Kier molecular flexibility index (Phi) is 3.25. The van der Waals surface area contributed by atoms with Crippen LogP contribution in [0.2, 0.25) is 0 Å². The van der Waals surface area contributed by atoms with Gasteiger partial charge in [-0.25, -0.2) is 13.4 Å². The van der Waals surface area contributed by atoms with Crippen molar-refractivity contribution in [3.05, 3.63) is 42.0 Å². The Balaban J connectivity index is 2.06. The maximum absolute atomic E-state index is 12.1. The second kappa shape index (κ2) is 4.99. The van der Waals surface area contributed by atoms with Crippen LogP contribution in [0.15, 0.2) is 30.6 Å². The number of imidazole rings is 1. The Morgan fingerprint density at radius 3 is 2.77 bits per heavy atom. The normalized spacial score (nSPS) is 15.7. The van der Waals surface area contributed by atoms with Crippen molar-refractivity contribution in [3.8, 4) is 0 Å². The standard InChI is InChI=1S/C14H14N4O3S/c1-18-6-5-15-13(18)8-11-10-7-9(17-22(2,20)21)3-4-12(10)16-14(11)19/h3-8,17H,1-2H3,(H,16,19). The van der Waals surface area contributed by atoms with E-state index < -0.39 is 10.0 Å². The zero-order chi connectivity index (χ0) is 15.9. The fourth-order valence-corrected chi connectivity index (χ4v) is 2.81. The first-order valence-electron chi connectivity index (χ1n) is 6.46. The van der Waals surface area contributed by atoms with Crippen LogP contribution in [0.25, 0.3) is 11.6 Å². The second-order valence-electron chi connectivity index (χ2n) is 5.04. The molecule has 0 fully saturated rings. The van der Waals surface area contributed by atoms with Crippen molar-refractivity contribution in [2.24, 2.45) is 7.05 Å². The Morgan fingerprint density at radius 1 is 1.36 bits per heavy atom. The first-order chi connectivity index (χ1) is 10.3. The molecule has 0 spiro atoms. The lowest BCUT2D eigenvalue weighted by molar-refractivity contribution is -0.110. The third-order valence-electron chi connectivity index (χ3n) is 3.24. The number of benzene rings is 1. The van der Waals surface area contributed by atoms with E-state index in [0.717, 1.165) is 6.26 Å². The number of aromatic nitrogens is 2. The van der Waals surface area contributed by atoms with Gasteiger partial charge in [0.1, 0.15) is 5.82 Å². The molecule has 3 rings (SSSR count). The molecule has 8 heteroatoms. The van der Waals surface area contributed by atoms with E-state index in [2.05, 4.69) is 15.0 Å². The quantitative estimate of drug-likeness (QED) is 0.834. The molecule has 0 aliphatic carbocycles. The highest BCUT2D eigenvalue weighted by Gasteiger charge is 2.25. The maximum Gasteiger partial charge on any atom is 0.256 e. The van der Waals surface area contributed by atoms with Gasteiger partial charge in [-0.1, -0.05) is 0 Å². The van der Waals surface area contributed by atoms with Gasteiger partial charge >= 0.3 is 0 Å². The van der Waals surface area contributed by atoms with Gasteiger partial charge in [-0.2, -0.15) is 0 Å². The average molecular weight is 318 g/mol. The van der Waals surface area contributed by atoms with Crippen LogP contribution in [0, 0.1) is 0 Å². The summed E-state index contributed by atoms with van der Waals surface area (Å²) in [5, 5.41) is 2.75. The molecule has 7 nitrogen and oxygen atoms in total. The molecule has 1 aliphatic rings. The van der Waals surface area contributed by atoms with Crippen molar-refractivity contribution in [3.63, 3.8) is 0 Å². The number of hydrogen-bond acceptors (Lipinski definition) is 4. The van der Waals surface area contributed by atoms with Gasteiger partial charge in [0.15, 0.2) is 0 Å². The third kappa shape index (κ3) is 2.73. The maximum atomic E-state index is 12.1. The van der Waals surface area contributed by atoms with Gasteiger partial charge in [0, 0.05) is 36.4 Å². The largest absolute Gasteiger partial charge is 0.335 e. The minimum absolute atomic E-state index is 0.241. The summed E-state index contributed by atoms with van der Waals surface area (Å²) in [6.07, 6.45) is 6.17. The van der Waals surface area contributed by atoms with E-state index in [1.54, 1.807) is 41.2 Å². The molecular weight excluding hydrogens is 304 g/mol. The molecule has 22 heavy (non-hydrogen) atoms. The molecule has 1 aromatic heterocycles. The Hall–Kier alpha value is -2.61. The smallest absolute Gasteiger partial charge is 0.256 e. The Morgan fingerprint density at radius 2 is 2.14 bits per heavy atom. The zero-order valence-electron chi connectivity index (χ0n) is 12.0. The highest BCUT2D eigenvalue weighted by molar-refractivity contribution is 7.92. The topological polar surface area (TPSA) is 93.1 Å². The molecule has 0 bridgehead atoms. The van der Waals surface area contributed by atoms with Crippen LogP contribution in [-0.2, 0) is 21.9 Å². The Bertz CT molecular complexity index is 897. The lowest BCUT2D eigenvalue weighted by atomic mass is 10.1. The minimum atomic E-state index is -3.37. The third-order valence-corrected chi connectivity index (χ3v) is 3.84.